The number of hydrogen-bond donors (Lipinski definition) is 2. The van der Waals surface area contributed by atoms with Crippen LogP contribution in [0.4, 0.5) is 5.69 Å². The van der Waals surface area contributed by atoms with Crippen molar-refractivity contribution in [2.75, 3.05) is 27.1 Å². The van der Waals surface area contributed by atoms with Gasteiger partial charge in [-0.25, -0.2) is 0 Å². The molecule has 0 aliphatic carbocycles. The van der Waals surface area contributed by atoms with Gasteiger partial charge in [0.05, 0.1) is 21.3 Å². The summed E-state index contributed by atoms with van der Waals surface area (Å²) in [5.41, 5.74) is 10.7. The van der Waals surface area contributed by atoms with E-state index in [2.05, 4.69) is 4.84 Å². The van der Waals surface area contributed by atoms with E-state index in [0.29, 0.717) is 29.2 Å². The van der Waals surface area contributed by atoms with Crippen LogP contribution >= 0.6 is 0 Å². The number of amides is 1. The van der Waals surface area contributed by atoms with E-state index < -0.39 is 0 Å². The number of hydroxylamine groups is 1. The van der Waals surface area contributed by atoms with E-state index in [1.54, 1.807) is 50.0 Å². The monoisotopic (exact) mass is 377 g/mol. The summed E-state index contributed by atoms with van der Waals surface area (Å²) in [5.74, 6) is 1.23. The van der Waals surface area contributed by atoms with Gasteiger partial charge in [0.25, 0.3) is 0 Å². The number of ether oxygens (including phenoxy) is 2. The first-order valence-electron chi connectivity index (χ1n) is 8.12. The van der Waals surface area contributed by atoms with E-state index in [0.717, 1.165) is 11.1 Å². The Morgan fingerprint density at radius 3 is 2.14 bits per heavy atom. The molecule has 0 heterocycles. The summed E-state index contributed by atoms with van der Waals surface area (Å²) in [5, 5.41) is 10.6. The molecule has 2 aromatic rings. The van der Waals surface area contributed by atoms with Crippen LogP contribution in [0.2, 0.25) is 0 Å². The number of carbonyl (C=O) groups excluding carboxylic acids is 1. The zero-order valence-electron chi connectivity index (χ0n) is 16.9. The fraction of sp³-hybridized carbons (Fsp3) is 0.250. The number of rotatable bonds is 8. The number of methoxy groups -OCH3 is 2. The summed E-state index contributed by atoms with van der Waals surface area (Å²) in [6.45, 7) is 1.97. The molecule has 0 fully saturated rings. The van der Waals surface area contributed by atoms with E-state index in [4.69, 9.17) is 20.0 Å². The van der Waals surface area contributed by atoms with E-state index >= 15 is 0 Å². The van der Waals surface area contributed by atoms with Gasteiger partial charge in [0.15, 0.2) is 11.5 Å². The van der Waals surface area contributed by atoms with Crippen LogP contribution in [0.3, 0.4) is 0 Å². The van der Waals surface area contributed by atoms with Gasteiger partial charge in [0.2, 0.25) is 0 Å². The van der Waals surface area contributed by atoms with Crippen molar-refractivity contribution in [2.45, 2.75) is 13.3 Å². The van der Waals surface area contributed by atoms with Crippen LogP contribution in [0, 0.1) is 6.42 Å². The van der Waals surface area contributed by atoms with Gasteiger partial charge in [-0.2, -0.15) is 13.3 Å². The predicted molar refractivity (Wildman–Crippen MR) is 106 cm³/mol. The summed E-state index contributed by atoms with van der Waals surface area (Å²) >= 11 is 0. The molecular formula is C20H24LiN3O4-2. The van der Waals surface area contributed by atoms with Crippen molar-refractivity contribution in [2.24, 2.45) is 0 Å². The van der Waals surface area contributed by atoms with Crippen molar-refractivity contribution in [3.63, 3.8) is 0 Å². The molecular weight excluding hydrogens is 353 g/mol. The third kappa shape index (κ3) is 7.28. The first-order valence-corrected chi connectivity index (χ1v) is 8.12. The van der Waals surface area contributed by atoms with Gasteiger partial charge in [-0.15, -0.1) is 12.1 Å². The largest absolute Gasteiger partial charge is 1.00 e. The number of nitrogens with one attached hydrogen (secondary N) is 1. The van der Waals surface area contributed by atoms with Crippen LogP contribution in [-0.2, 0) is 16.1 Å². The van der Waals surface area contributed by atoms with Gasteiger partial charge >= 0.3 is 18.9 Å². The van der Waals surface area contributed by atoms with Gasteiger partial charge in [-0.05, 0) is 35.4 Å². The minimum Gasteiger partial charge on any atom is -0.803 e. The van der Waals surface area contributed by atoms with Crippen molar-refractivity contribution < 1.29 is 38.0 Å². The molecule has 0 bridgehead atoms. The van der Waals surface area contributed by atoms with Crippen LogP contribution in [0.5, 0.6) is 11.5 Å². The molecule has 0 unspecified atom stereocenters. The average molecular weight is 377 g/mol. The Bertz CT molecular complexity index is 752. The third-order valence-electron chi connectivity index (χ3n) is 3.62. The fourth-order valence-corrected chi connectivity index (χ4v) is 2.37. The topological polar surface area (TPSA) is 105 Å². The van der Waals surface area contributed by atoms with Gasteiger partial charge in [-0.1, -0.05) is 17.7 Å². The molecule has 0 aliphatic rings. The van der Waals surface area contributed by atoms with Crippen LogP contribution in [0.25, 0.3) is 5.41 Å². The second-order valence-corrected chi connectivity index (χ2v) is 5.36. The summed E-state index contributed by atoms with van der Waals surface area (Å²) in [6, 6.07) is 10.8. The van der Waals surface area contributed by atoms with Crippen LogP contribution in [0.1, 0.15) is 23.6 Å². The number of nitrogen functional groups attached to an aromatic ring is 1. The van der Waals surface area contributed by atoms with E-state index in [1.165, 1.54) is 13.5 Å². The summed E-state index contributed by atoms with van der Waals surface area (Å²) in [7, 11) is 4.51. The van der Waals surface area contributed by atoms with E-state index in [-0.39, 0.29) is 24.6 Å². The molecule has 2 rings (SSSR count). The van der Waals surface area contributed by atoms with Crippen LogP contribution in [0.15, 0.2) is 36.4 Å². The zero-order chi connectivity index (χ0) is 20.2. The summed E-state index contributed by atoms with van der Waals surface area (Å²) in [6.07, 6.45) is 4.04. The molecule has 0 atom stereocenters. The number of nitrogens with zero attached hydrogens (tertiary/aromatic N) is 1. The first kappa shape index (κ1) is 25.5. The second kappa shape index (κ2) is 13.7. The van der Waals surface area contributed by atoms with Gasteiger partial charge in [0, 0.05) is 5.69 Å². The fourth-order valence-electron chi connectivity index (χ4n) is 2.37. The number of hydrogen-bond acceptors (Lipinski definition) is 5. The molecule has 0 radical (unpaired) electrons. The van der Waals surface area contributed by atoms with Crippen molar-refractivity contribution >= 4 is 17.8 Å². The third-order valence-corrected chi connectivity index (χ3v) is 3.62. The Balaban J connectivity index is 0.00000108. The van der Waals surface area contributed by atoms with Crippen molar-refractivity contribution in [3.8, 4) is 11.5 Å². The SMILES string of the molecule is CON[C-]=O.C[CH-]Cc1cc(OC)c(OC)cc1C(=[N-])c1ccc(N)cc1.[Li+]. The molecule has 3 N–H and O–H groups in total. The standard InChI is InChI=1S/C18H20N2O2.C2H4NO2.Li/c1-4-5-13-10-16(21-2)17(22-3)11-15(13)18(20)12-6-8-14(19)9-7-12;1-5-3-2-4;/h4,6-11H,5,19H2,1-3H3;1H3,(H,3,4);/q-2;-1;+1. The Morgan fingerprint density at radius 2 is 1.71 bits per heavy atom. The molecule has 2 aromatic carbocycles. The Labute approximate surface area is 178 Å². The molecule has 0 saturated heterocycles. The first-order chi connectivity index (χ1) is 13.0. The number of anilines is 1. The van der Waals surface area contributed by atoms with Crippen molar-refractivity contribution in [3.05, 3.63) is 64.9 Å². The molecule has 0 spiro atoms. The molecule has 0 aromatic heterocycles. The van der Waals surface area contributed by atoms with Gasteiger partial charge in [0.1, 0.15) is 0 Å². The van der Waals surface area contributed by atoms with Crippen LogP contribution < -0.4 is 39.5 Å². The maximum atomic E-state index is 10.6. The minimum atomic E-state index is 0. The molecule has 8 heteroatoms. The maximum Gasteiger partial charge on any atom is 1.00 e. The summed E-state index contributed by atoms with van der Waals surface area (Å²) < 4.78 is 10.7. The van der Waals surface area contributed by atoms with Gasteiger partial charge < -0.3 is 42.1 Å². The summed E-state index contributed by atoms with van der Waals surface area (Å²) in [4.78, 5) is 13.1. The van der Waals surface area contributed by atoms with E-state index in [9.17, 15) is 5.41 Å². The van der Waals surface area contributed by atoms with Crippen molar-refractivity contribution in [1.29, 1.82) is 0 Å². The quantitative estimate of drug-likeness (QED) is 0.164. The second-order valence-electron chi connectivity index (χ2n) is 5.36. The Morgan fingerprint density at radius 1 is 1.14 bits per heavy atom. The van der Waals surface area contributed by atoms with Gasteiger partial charge in [-0.3, -0.25) is 0 Å². The van der Waals surface area contributed by atoms with Crippen LogP contribution in [-0.4, -0.2) is 33.5 Å². The molecule has 7 nitrogen and oxygen atoms in total. The molecule has 0 saturated carbocycles. The Kier molecular flexibility index (Phi) is 12.5. The molecule has 28 heavy (non-hydrogen) atoms. The molecule has 146 valence electrons. The average Bonchev–Trinajstić information content (AvgIpc) is 2.69. The predicted octanol–water partition coefficient (Wildman–Crippen LogP) is -0.332. The molecule has 0 aliphatic heterocycles. The van der Waals surface area contributed by atoms with E-state index in [1.807, 2.05) is 19.4 Å². The number of nitrogens with two attached hydrogens (primary N) is 1. The molecule has 1 amide bonds. The maximum absolute atomic E-state index is 10.6. The smallest absolute Gasteiger partial charge is 0.803 e. The minimum absolute atomic E-state index is 0. The normalized spacial score (nSPS) is 9.29. The van der Waals surface area contributed by atoms with Crippen molar-refractivity contribution in [1.82, 2.24) is 5.48 Å². The Hall–Kier alpha value is -2.46. The number of benzene rings is 2. The zero-order valence-corrected chi connectivity index (χ0v) is 16.9.